The van der Waals surface area contributed by atoms with Gasteiger partial charge in [-0.3, -0.25) is 0 Å². The van der Waals surface area contributed by atoms with Gasteiger partial charge in [-0.2, -0.15) is 5.26 Å². The first-order chi connectivity index (χ1) is 9.65. The van der Waals surface area contributed by atoms with Gasteiger partial charge in [-0.05, 0) is 30.9 Å². The summed E-state index contributed by atoms with van der Waals surface area (Å²) in [6.45, 7) is 5.12. The molecule has 1 aromatic carbocycles. The van der Waals surface area contributed by atoms with Gasteiger partial charge in [-0.15, -0.1) is 0 Å². The normalized spacial score (nSPS) is 22.4. The molecule has 1 saturated heterocycles. The fourth-order valence-corrected chi connectivity index (χ4v) is 2.57. The number of nitriles is 1. The number of ether oxygens (including phenoxy) is 2. The molecule has 4 nitrogen and oxygen atoms in total. The molecule has 0 amide bonds. The van der Waals surface area contributed by atoms with E-state index >= 15 is 0 Å². The fraction of sp³-hybridized carbons (Fsp3) is 0.562. The summed E-state index contributed by atoms with van der Waals surface area (Å²) < 4.78 is 11.1. The van der Waals surface area contributed by atoms with E-state index in [1.807, 2.05) is 18.2 Å². The molecule has 0 radical (unpaired) electrons. The van der Waals surface area contributed by atoms with E-state index in [9.17, 15) is 5.26 Å². The van der Waals surface area contributed by atoms with Crippen LogP contribution in [0, 0.1) is 17.2 Å². The second kappa shape index (κ2) is 6.62. The minimum Gasteiger partial charge on any atom is -0.495 e. The number of rotatable bonds is 4. The van der Waals surface area contributed by atoms with Crippen molar-refractivity contribution in [3.05, 3.63) is 23.8 Å². The minimum absolute atomic E-state index is 0.279. The molecule has 0 saturated carbocycles. The molecule has 2 rings (SSSR count). The minimum atomic E-state index is 0.279. The average molecular weight is 274 g/mol. The maximum atomic E-state index is 9.24. The quantitative estimate of drug-likeness (QED) is 0.916. The van der Waals surface area contributed by atoms with Gasteiger partial charge in [0.05, 0.1) is 24.5 Å². The van der Waals surface area contributed by atoms with Gasteiger partial charge in [0.2, 0.25) is 0 Å². The molecule has 2 unspecified atom stereocenters. The maximum Gasteiger partial charge on any atom is 0.143 e. The van der Waals surface area contributed by atoms with E-state index in [1.165, 1.54) is 0 Å². The summed E-state index contributed by atoms with van der Waals surface area (Å²) in [5.74, 6) is 1.23. The van der Waals surface area contributed by atoms with E-state index < -0.39 is 0 Å². The van der Waals surface area contributed by atoms with Gasteiger partial charge in [0.1, 0.15) is 11.8 Å². The van der Waals surface area contributed by atoms with Crippen molar-refractivity contribution < 1.29 is 9.47 Å². The summed E-state index contributed by atoms with van der Waals surface area (Å²) in [5, 5.41) is 12.7. The monoisotopic (exact) mass is 274 g/mol. The zero-order valence-corrected chi connectivity index (χ0v) is 12.3. The Kier molecular flexibility index (Phi) is 4.86. The van der Waals surface area contributed by atoms with Crippen LogP contribution in [-0.2, 0) is 4.74 Å². The SMILES string of the molecule is COc1cccc(C#N)c1NC1CCOC(C(C)C)C1. The van der Waals surface area contributed by atoms with Crippen LogP contribution in [0.1, 0.15) is 32.3 Å². The zero-order valence-electron chi connectivity index (χ0n) is 12.3. The van der Waals surface area contributed by atoms with Crippen LogP contribution < -0.4 is 10.1 Å². The van der Waals surface area contributed by atoms with E-state index in [-0.39, 0.29) is 6.10 Å². The molecular weight excluding hydrogens is 252 g/mol. The lowest BCUT2D eigenvalue weighted by molar-refractivity contribution is -0.0161. The van der Waals surface area contributed by atoms with Crippen LogP contribution in [0.5, 0.6) is 5.75 Å². The average Bonchev–Trinajstić information content (AvgIpc) is 2.47. The van der Waals surface area contributed by atoms with Crippen LogP contribution in [0.15, 0.2) is 18.2 Å². The van der Waals surface area contributed by atoms with Gasteiger partial charge in [0.25, 0.3) is 0 Å². The summed E-state index contributed by atoms with van der Waals surface area (Å²) in [7, 11) is 1.63. The Morgan fingerprint density at radius 2 is 2.25 bits per heavy atom. The largest absolute Gasteiger partial charge is 0.495 e. The number of anilines is 1. The van der Waals surface area contributed by atoms with Gasteiger partial charge >= 0.3 is 0 Å². The number of nitrogens with one attached hydrogen (secondary N) is 1. The standard InChI is InChI=1S/C16H22N2O2/c1-11(2)15-9-13(7-8-20-15)18-16-12(10-17)5-4-6-14(16)19-3/h4-6,11,13,15,18H,7-9H2,1-3H3. The third kappa shape index (κ3) is 3.23. The van der Waals surface area contributed by atoms with Crippen molar-refractivity contribution in [3.8, 4) is 11.8 Å². The third-order valence-electron chi connectivity index (χ3n) is 3.77. The topological polar surface area (TPSA) is 54.3 Å². The molecule has 20 heavy (non-hydrogen) atoms. The highest BCUT2D eigenvalue weighted by Crippen LogP contribution is 2.31. The van der Waals surface area contributed by atoms with Gasteiger partial charge in [0.15, 0.2) is 0 Å². The van der Waals surface area contributed by atoms with Crippen LogP contribution in [0.25, 0.3) is 0 Å². The first kappa shape index (κ1) is 14.7. The number of nitrogens with zero attached hydrogens (tertiary/aromatic N) is 1. The maximum absolute atomic E-state index is 9.24. The van der Waals surface area contributed by atoms with Crippen molar-refractivity contribution >= 4 is 5.69 Å². The first-order valence-electron chi connectivity index (χ1n) is 7.11. The number of methoxy groups -OCH3 is 1. The molecule has 1 aliphatic rings. The molecule has 0 spiro atoms. The second-order valence-corrected chi connectivity index (χ2v) is 5.51. The van der Waals surface area contributed by atoms with Crippen LogP contribution >= 0.6 is 0 Å². The molecule has 1 N–H and O–H groups in total. The third-order valence-corrected chi connectivity index (χ3v) is 3.77. The first-order valence-corrected chi connectivity index (χ1v) is 7.11. The Bertz CT molecular complexity index is 494. The smallest absolute Gasteiger partial charge is 0.143 e. The van der Waals surface area contributed by atoms with Crippen LogP contribution in [0.2, 0.25) is 0 Å². The van der Waals surface area contributed by atoms with E-state index in [2.05, 4.69) is 25.2 Å². The molecule has 1 fully saturated rings. The molecule has 0 aliphatic carbocycles. The lowest BCUT2D eigenvalue weighted by atomic mass is 9.95. The summed E-state index contributed by atoms with van der Waals surface area (Å²) in [6, 6.07) is 8.06. The lowest BCUT2D eigenvalue weighted by Gasteiger charge is -2.33. The number of hydrogen-bond donors (Lipinski definition) is 1. The number of para-hydroxylation sites is 1. The van der Waals surface area contributed by atoms with Gasteiger partial charge < -0.3 is 14.8 Å². The number of hydrogen-bond acceptors (Lipinski definition) is 4. The predicted molar refractivity (Wildman–Crippen MR) is 78.9 cm³/mol. The van der Waals surface area contributed by atoms with Crippen LogP contribution in [0.4, 0.5) is 5.69 Å². The van der Waals surface area contributed by atoms with Crippen molar-refractivity contribution in [1.82, 2.24) is 0 Å². The predicted octanol–water partition coefficient (Wildman–Crippen LogP) is 3.18. The highest BCUT2D eigenvalue weighted by molar-refractivity contribution is 5.66. The molecule has 1 aliphatic heterocycles. The Balaban J connectivity index is 2.15. The van der Waals surface area contributed by atoms with Gasteiger partial charge in [-0.1, -0.05) is 19.9 Å². The summed E-state index contributed by atoms with van der Waals surface area (Å²) >= 11 is 0. The highest BCUT2D eigenvalue weighted by atomic mass is 16.5. The van der Waals surface area contributed by atoms with E-state index in [1.54, 1.807) is 7.11 Å². The van der Waals surface area contributed by atoms with Crippen molar-refractivity contribution in [2.24, 2.45) is 5.92 Å². The zero-order chi connectivity index (χ0) is 14.5. The second-order valence-electron chi connectivity index (χ2n) is 5.51. The van der Waals surface area contributed by atoms with Crippen molar-refractivity contribution in [3.63, 3.8) is 0 Å². The summed E-state index contributed by atoms with van der Waals surface area (Å²) in [6.07, 6.45) is 2.19. The Hall–Kier alpha value is -1.73. The Morgan fingerprint density at radius 1 is 1.45 bits per heavy atom. The summed E-state index contributed by atoms with van der Waals surface area (Å²) in [5.41, 5.74) is 1.42. The molecule has 0 bridgehead atoms. The van der Waals surface area contributed by atoms with E-state index in [0.29, 0.717) is 17.5 Å². The van der Waals surface area contributed by atoms with Gasteiger partial charge in [0, 0.05) is 12.6 Å². The Morgan fingerprint density at radius 3 is 2.90 bits per heavy atom. The molecule has 108 valence electrons. The van der Waals surface area contributed by atoms with E-state index in [0.717, 1.165) is 30.9 Å². The van der Waals surface area contributed by atoms with Crippen LogP contribution in [-0.4, -0.2) is 25.9 Å². The molecule has 1 aromatic rings. The summed E-state index contributed by atoms with van der Waals surface area (Å²) in [4.78, 5) is 0. The van der Waals surface area contributed by atoms with Crippen LogP contribution in [0.3, 0.4) is 0 Å². The lowest BCUT2D eigenvalue weighted by Crippen LogP contribution is -2.36. The Labute approximate surface area is 120 Å². The number of benzene rings is 1. The van der Waals surface area contributed by atoms with Crippen molar-refractivity contribution in [2.75, 3.05) is 19.0 Å². The molecular formula is C16H22N2O2. The van der Waals surface area contributed by atoms with E-state index in [4.69, 9.17) is 9.47 Å². The molecule has 0 aromatic heterocycles. The van der Waals surface area contributed by atoms with Crippen molar-refractivity contribution in [2.45, 2.75) is 38.8 Å². The molecule has 2 atom stereocenters. The van der Waals surface area contributed by atoms with Crippen molar-refractivity contribution in [1.29, 1.82) is 5.26 Å². The van der Waals surface area contributed by atoms with Gasteiger partial charge in [-0.25, -0.2) is 0 Å². The molecule has 4 heteroatoms. The highest BCUT2D eigenvalue weighted by Gasteiger charge is 2.26. The molecule has 1 heterocycles. The fourth-order valence-electron chi connectivity index (χ4n) is 2.57.